The molecule has 3 nitrogen and oxygen atoms in total. The number of hydrogen-bond donors (Lipinski definition) is 1. The number of halogens is 2. The molecule has 0 unspecified atom stereocenters. The number of aryl methyl sites for hydroxylation is 1. The maximum Gasteiger partial charge on any atom is 0.128 e. The fourth-order valence-corrected chi connectivity index (χ4v) is 1.57. The van der Waals surface area contributed by atoms with Gasteiger partial charge >= 0.3 is 0 Å². The van der Waals surface area contributed by atoms with E-state index in [0.717, 1.165) is 17.3 Å². The predicted octanol–water partition coefficient (Wildman–Crippen LogP) is 2.62. The number of aromatic nitrogens is 2. The molecule has 2 rings (SSSR count). The third-order valence-electron chi connectivity index (χ3n) is 2.68. The Bertz CT molecular complexity index is 514. The highest BCUT2D eigenvalue weighted by Gasteiger charge is 2.04. The Morgan fingerprint density at radius 3 is 2.41 bits per heavy atom. The van der Waals surface area contributed by atoms with E-state index in [0.29, 0.717) is 12.2 Å². The lowest BCUT2D eigenvalue weighted by Gasteiger charge is -2.06. The molecule has 0 aliphatic heterocycles. The summed E-state index contributed by atoms with van der Waals surface area (Å²) in [5.74, 6) is -1.18. The summed E-state index contributed by atoms with van der Waals surface area (Å²) in [6, 6.07) is 3.37. The fraction of sp³-hybridized carbons (Fsp3) is 0.250. The van der Waals surface area contributed by atoms with E-state index in [-0.39, 0.29) is 0 Å². The van der Waals surface area contributed by atoms with Gasteiger partial charge in [-0.15, -0.1) is 0 Å². The highest BCUT2D eigenvalue weighted by molar-refractivity contribution is 5.44. The largest absolute Gasteiger partial charge is 0.381 e. The minimum atomic E-state index is -0.588. The van der Waals surface area contributed by atoms with Crippen molar-refractivity contribution < 1.29 is 8.78 Å². The van der Waals surface area contributed by atoms with Crippen molar-refractivity contribution in [3.05, 3.63) is 47.3 Å². The maximum absolute atomic E-state index is 12.9. The zero-order valence-electron chi connectivity index (χ0n) is 9.67. The molecule has 0 amide bonds. The number of anilines is 1. The molecule has 0 radical (unpaired) electrons. The third-order valence-corrected chi connectivity index (χ3v) is 2.68. The lowest BCUT2D eigenvalue weighted by molar-refractivity contribution is 0.584. The van der Waals surface area contributed by atoms with Crippen molar-refractivity contribution in [1.82, 2.24) is 9.78 Å². The zero-order valence-corrected chi connectivity index (χ0v) is 9.67. The van der Waals surface area contributed by atoms with E-state index >= 15 is 0 Å². The minimum Gasteiger partial charge on any atom is -0.381 e. The van der Waals surface area contributed by atoms with E-state index in [1.807, 2.05) is 14.0 Å². The number of nitrogens with zero attached hydrogens (tertiary/aromatic N) is 2. The van der Waals surface area contributed by atoms with E-state index in [1.54, 1.807) is 10.9 Å². The van der Waals surface area contributed by atoms with Crippen molar-refractivity contribution in [3.8, 4) is 0 Å². The van der Waals surface area contributed by atoms with E-state index in [2.05, 4.69) is 10.4 Å². The number of nitrogens with one attached hydrogen (secondary N) is 1. The van der Waals surface area contributed by atoms with Crippen LogP contribution in [0, 0.1) is 18.6 Å². The van der Waals surface area contributed by atoms with Gasteiger partial charge in [-0.3, -0.25) is 4.68 Å². The second-order valence-corrected chi connectivity index (χ2v) is 3.89. The third kappa shape index (κ3) is 2.61. The monoisotopic (exact) mass is 237 g/mol. The van der Waals surface area contributed by atoms with Crippen LogP contribution in [0.15, 0.2) is 24.4 Å². The van der Waals surface area contributed by atoms with Crippen molar-refractivity contribution in [1.29, 1.82) is 0 Å². The van der Waals surface area contributed by atoms with Gasteiger partial charge in [-0.25, -0.2) is 8.78 Å². The molecule has 5 heteroatoms. The van der Waals surface area contributed by atoms with E-state index in [4.69, 9.17) is 0 Å². The van der Waals surface area contributed by atoms with Gasteiger partial charge in [0.25, 0.3) is 0 Å². The average Bonchev–Trinajstić information content (AvgIpc) is 2.56. The summed E-state index contributed by atoms with van der Waals surface area (Å²) >= 11 is 0. The van der Waals surface area contributed by atoms with Crippen molar-refractivity contribution in [2.45, 2.75) is 13.5 Å². The summed E-state index contributed by atoms with van der Waals surface area (Å²) in [5, 5.41) is 7.06. The fourth-order valence-electron chi connectivity index (χ4n) is 1.57. The van der Waals surface area contributed by atoms with Crippen LogP contribution in [-0.4, -0.2) is 9.78 Å². The van der Waals surface area contributed by atoms with Crippen LogP contribution in [0.5, 0.6) is 0 Å². The van der Waals surface area contributed by atoms with Gasteiger partial charge in [0.05, 0.1) is 6.20 Å². The molecule has 0 saturated heterocycles. The van der Waals surface area contributed by atoms with Crippen LogP contribution in [-0.2, 0) is 13.6 Å². The Kier molecular flexibility index (Phi) is 3.08. The van der Waals surface area contributed by atoms with Crippen molar-refractivity contribution in [2.24, 2.45) is 7.05 Å². The first kappa shape index (κ1) is 11.6. The Morgan fingerprint density at radius 2 is 1.88 bits per heavy atom. The Morgan fingerprint density at radius 1 is 1.24 bits per heavy atom. The van der Waals surface area contributed by atoms with Gasteiger partial charge in [-0.2, -0.15) is 5.10 Å². The highest BCUT2D eigenvalue weighted by atomic mass is 19.1. The quantitative estimate of drug-likeness (QED) is 0.889. The normalized spacial score (nSPS) is 10.6. The number of benzene rings is 1. The smallest absolute Gasteiger partial charge is 0.128 e. The molecule has 1 aromatic heterocycles. The van der Waals surface area contributed by atoms with Gasteiger partial charge in [0, 0.05) is 36.6 Å². The lowest BCUT2D eigenvalue weighted by Crippen LogP contribution is -2.02. The van der Waals surface area contributed by atoms with Crippen LogP contribution >= 0.6 is 0 Å². The van der Waals surface area contributed by atoms with Crippen LogP contribution in [0.2, 0.25) is 0 Å². The summed E-state index contributed by atoms with van der Waals surface area (Å²) in [4.78, 5) is 0. The molecule has 1 heterocycles. The summed E-state index contributed by atoms with van der Waals surface area (Å²) in [6.45, 7) is 2.43. The Balaban J connectivity index is 2.09. The van der Waals surface area contributed by atoms with E-state index in [1.165, 1.54) is 12.1 Å². The molecule has 0 saturated carbocycles. The molecule has 17 heavy (non-hydrogen) atoms. The molecule has 0 bridgehead atoms. The Hall–Kier alpha value is -1.91. The molecule has 0 aliphatic rings. The van der Waals surface area contributed by atoms with Crippen molar-refractivity contribution >= 4 is 5.69 Å². The molecule has 2 aromatic rings. The molecule has 1 N–H and O–H groups in total. The maximum atomic E-state index is 12.9. The zero-order chi connectivity index (χ0) is 12.4. The SMILES string of the molecule is Cc1c(CNc2cc(F)cc(F)c2)cnn1C. The van der Waals surface area contributed by atoms with Gasteiger partial charge in [0.1, 0.15) is 11.6 Å². The minimum absolute atomic E-state index is 0.422. The van der Waals surface area contributed by atoms with Crippen molar-refractivity contribution in [2.75, 3.05) is 5.32 Å². The Labute approximate surface area is 98.1 Å². The summed E-state index contributed by atoms with van der Waals surface area (Å²) < 4.78 is 27.6. The first-order valence-corrected chi connectivity index (χ1v) is 5.23. The first-order chi connectivity index (χ1) is 8.06. The van der Waals surface area contributed by atoms with Gasteiger partial charge in [0.2, 0.25) is 0 Å². The van der Waals surface area contributed by atoms with Gasteiger partial charge in [-0.1, -0.05) is 0 Å². The van der Waals surface area contributed by atoms with Crippen LogP contribution in [0.4, 0.5) is 14.5 Å². The standard InChI is InChI=1S/C12H13F2N3/c1-8-9(7-16-17(8)2)6-15-12-4-10(13)3-11(14)5-12/h3-5,7,15H,6H2,1-2H3. The van der Waals surface area contributed by atoms with Crippen molar-refractivity contribution in [3.63, 3.8) is 0 Å². The first-order valence-electron chi connectivity index (χ1n) is 5.23. The topological polar surface area (TPSA) is 29.9 Å². The average molecular weight is 237 g/mol. The van der Waals surface area contributed by atoms with E-state index < -0.39 is 11.6 Å². The second-order valence-electron chi connectivity index (χ2n) is 3.89. The summed E-state index contributed by atoms with van der Waals surface area (Å²) in [5.41, 5.74) is 2.44. The van der Waals surface area contributed by atoms with E-state index in [9.17, 15) is 8.78 Å². The molecule has 90 valence electrons. The second kappa shape index (κ2) is 4.53. The summed E-state index contributed by atoms with van der Waals surface area (Å²) in [6.07, 6.45) is 1.73. The van der Waals surface area contributed by atoms with Crippen LogP contribution in [0.3, 0.4) is 0 Å². The molecular weight excluding hydrogens is 224 g/mol. The molecule has 1 aromatic carbocycles. The van der Waals surface area contributed by atoms with Crippen LogP contribution in [0.1, 0.15) is 11.3 Å². The highest BCUT2D eigenvalue weighted by Crippen LogP contribution is 2.15. The lowest BCUT2D eigenvalue weighted by atomic mass is 10.2. The molecular formula is C12H13F2N3. The van der Waals surface area contributed by atoms with Crippen LogP contribution < -0.4 is 5.32 Å². The van der Waals surface area contributed by atoms with Gasteiger partial charge < -0.3 is 5.32 Å². The molecule has 0 fully saturated rings. The molecule has 0 spiro atoms. The number of hydrogen-bond acceptors (Lipinski definition) is 2. The predicted molar refractivity (Wildman–Crippen MR) is 61.6 cm³/mol. The molecule has 0 aliphatic carbocycles. The number of rotatable bonds is 3. The van der Waals surface area contributed by atoms with Crippen LogP contribution in [0.25, 0.3) is 0 Å². The van der Waals surface area contributed by atoms with Gasteiger partial charge in [0.15, 0.2) is 0 Å². The molecule has 0 atom stereocenters. The van der Waals surface area contributed by atoms with Gasteiger partial charge in [-0.05, 0) is 19.1 Å². The summed E-state index contributed by atoms with van der Waals surface area (Å²) in [7, 11) is 1.85.